The fourth-order valence-electron chi connectivity index (χ4n) is 4.12. The van der Waals surface area contributed by atoms with Crippen LogP contribution in [0.25, 0.3) is 0 Å². The molecule has 1 N–H and O–H groups in total. The zero-order valence-electron chi connectivity index (χ0n) is 14.6. The van der Waals surface area contributed by atoms with Gasteiger partial charge in [-0.2, -0.15) is 5.10 Å². The first-order valence-electron chi connectivity index (χ1n) is 9.34. The Hall–Kier alpha value is -2.18. The van der Waals surface area contributed by atoms with Crippen LogP contribution in [0.2, 0.25) is 0 Å². The summed E-state index contributed by atoms with van der Waals surface area (Å²) in [7, 11) is 1.93. The molecule has 1 aliphatic heterocycles. The van der Waals surface area contributed by atoms with E-state index < -0.39 is 0 Å². The van der Waals surface area contributed by atoms with Crippen molar-refractivity contribution in [3.63, 3.8) is 0 Å². The van der Waals surface area contributed by atoms with Crippen LogP contribution in [0.1, 0.15) is 54.9 Å². The molecule has 0 unspecified atom stereocenters. The van der Waals surface area contributed by atoms with Crippen LogP contribution < -0.4 is 0 Å². The van der Waals surface area contributed by atoms with Gasteiger partial charge >= 0.3 is 0 Å². The molecular formula is C18H24N6O. The number of aromatic nitrogens is 5. The summed E-state index contributed by atoms with van der Waals surface area (Å²) in [5.41, 5.74) is 0.965. The van der Waals surface area contributed by atoms with Gasteiger partial charge in [0.15, 0.2) is 5.82 Å². The van der Waals surface area contributed by atoms with Gasteiger partial charge in [-0.1, -0.05) is 0 Å². The number of nitrogens with zero attached hydrogens (tertiary/aromatic N) is 5. The monoisotopic (exact) mass is 340 g/mol. The summed E-state index contributed by atoms with van der Waals surface area (Å²) in [6, 6.07) is 0. The normalized spacial score (nSPS) is 26.4. The molecule has 3 heterocycles. The van der Waals surface area contributed by atoms with Crippen molar-refractivity contribution in [2.75, 3.05) is 13.1 Å². The van der Waals surface area contributed by atoms with Crippen LogP contribution in [0.5, 0.6) is 0 Å². The fourth-order valence-corrected chi connectivity index (χ4v) is 4.12. The van der Waals surface area contributed by atoms with Crippen molar-refractivity contribution in [2.45, 2.75) is 43.9 Å². The Morgan fingerprint density at radius 3 is 2.80 bits per heavy atom. The second-order valence-corrected chi connectivity index (χ2v) is 7.93. The lowest BCUT2D eigenvalue weighted by Crippen LogP contribution is -2.31. The van der Waals surface area contributed by atoms with Gasteiger partial charge in [-0.15, -0.1) is 0 Å². The van der Waals surface area contributed by atoms with E-state index >= 15 is 0 Å². The van der Waals surface area contributed by atoms with E-state index in [2.05, 4.69) is 15.2 Å². The summed E-state index contributed by atoms with van der Waals surface area (Å²) in [4.78, 5) is 23.7. The molecule has 1 amide bonds. The van der Waals surface area contributed by atoms with Gasteiger partial charge in [0.25, 0.3) is 0 Å². The first-order chi connectivity index (χ1) is 12.2. The molecule has 7 heteroatoms. The summed E-state index contributed by atoms with van der Waals surface area (Å²) in [5.74, 6) is 4.30. The number of aromatic amines is 1. The minimum absolute atomic E-state index is 0.193. The van der Waals surface area contributed by atoms with Crippen LogP contribution in [0.4, 0.5) is 0 Å². The molecule has 2 aromatic heterocycles. The minimum Gasteiger partial charge on any atom is -0.341 e. The van der Waals surface area contributed by atoms with Gasteiger partial charge in [-0.25, -0.2) is 9.97 Å². The maximum atomic E-state index is 12.8. The number of likely N-dealkylation sites (tertiary alicyclic amines) is 1. The first kappa shape index (κ1) is 15.1. The molecule has 0 spiro atoms. The molecule has 0 radical (unpaired) electrons. The van der Waals surface area contributed by atoms with Crippen LogP contribution in [0.3, 0.4) is 0 Å². The Labute approximate surface area is 146 Å². The maximum absolute atomic E-state index is 12.8. The average molecular weight is 340 g/mol. The number of rotatable bonds is 5. The van der Waals surface area contributed by atoms with Crippen molar-refractivity contribution in [1.29, 1.82) is 0 Å². The fraction of sp³-hybridized carbons (Fsp3) is 0.667. The van der Waals surface area contributed by atoms with Gasteiger partial charge in [0.1, 0.15) is 5.82 Å². The van der Waals surface area contributed by atoms with Crippen molar-refractivity contribution in [1.82, 2.24) is 29.6 Å². The summed E-state index contributed by atoms with van der Waals surface area (Å²) in [5, 5.41) is 7.61. The highest BCUT2D eigenvalue weighted by Gasteiger charge is 2.45. The largest absolute Gasteiger partial charge is 0.341 e. The lowest BCUT2D eigenvalue weighted by molar-refractivity contribution is -0.129. The Morgan fingerprint density at radius 1 is 1.28 bits per heavy atom. The summed E-state index contributed by atoms with van der Waals surface area (Å²) >= 11 is 0. The first-order valence-corrected chi connectivity index (χ1v) is 9.34. The predicted octanol–water partition coefficient (Wildman–Crippen LogP) is 1.61. The molecule has 3 aliphatic rings. The molecular weight excluding hydrogens is 316 g/mol. The molecule has 5 rings (SSSR count). The van der Waals surface area contributed by atoms with Crippen LogP contribution in [-0.2, 0) is 18.3 Å². The average Bonchev–Trinajstić information content (AvgIpc) is 3.50. The van der Waals surface area contributed by atoms with Crippen LogP contribution >= 0.6 is 0 Å². The van der Waals surface area contributed by atoms with Gasteiger partial charge in [0, 0.05) is 43.9 Å². The Bertz CT molecular complexity index is 787. The highest BCUT2D eigenvalue weighted by atomic mass is 16.2. The van der Waals surface area contributed by atoms with Crippen LogP contribution in [0, 0.1) is 11.8 Å². The van der Waals surface area contributed by atoms with Crippen molar-refractivity contribution in [2.24, 2.45) is 18.9 Å². The number of nitrogens with one attached hydrogen (secondary N) is 1. The number of imidazole rings is 1. The number of carbonyl (C=O) groups excluding carboxylic acids is 1. The number of amides is 1. The van der Waals surface area contributed by atoms with E-state index in [1.54, 1.807) is 12.5 Å². The number of aryl methyl sites for hydroxylation is 1. The van der Waals surface area contributed by atoms with Crippen LogP contribution in [-0.4, -0.2) is 48.6 Å². The Kier molecular flexibility index (Phi) is 3.43. The van der Waals surface area contributed by atoms with Crippen molar-refractivity contribution < 1.29 is 4.79 Å². The van der Waals surface area contributed by atoms with Crippen molar-refractivity contribution in [3.05, 3.63) is 29.9 Å². The van der Waals surface area contributed by atoms with E-state index in [1.807, 2.05) is 16.5 Å². The number of carbonyl (C=O) groups is 1. The van der Waals surface area contributed by atoms with E-state index in [4.69, 9.17) is 4.98 Å². The van der Waals surface area contributed by atoms with Crippen molar-refractivity contribution >= 4 is 5.91 Å². The molecule has 7 nitrogen and oxygen atoms in total. The van der Waals surface area contributed by atoms with E-state index in [0.29, 0.717) is 24.2 Å². The predicted molar refractivity (Wildman–Crippen MR) is 90.8 cm³/mol. The van der Waals surface area contributed by atoms with Gasteiger partial charge in [0.05, 0.1) is 12.7 Å². The molecule has 0 bridgehead atoms. The SMILES string of the molecule is Cn1cncc1CC(=O)N1C[C@H](c2nc(C3CC3)n[nH]2)[C@@H](C2CC2)C1. The van der Waals surface area contributed by atoms with E-state index in [1.165, 1.54) is 25.7 Å². The Morgan fingerprint density at radius 2 is 2.12 bits per heavy atom. The van der Waals surface area contributed by atoms with Gasteiger partial charge in [-0.3, -0.25) is 9.89 Å². The number of H-pyrrole nitrogens is 1. The lowest BCUT2D eigenvalue weighted by Gasteiger charge is -2.16. The highest BCUT2D eigenvalue weighted by molar-refractivity contribution is 5.78. The standard InChI is InChI=1S/C18H24N6O/c1-23-10-19-7-13(23)6-16(25)24-8-14(11-2-3-11)15(9-24)18-20-17(21-22-18)12-4-5-12/h7,10-12,14-15H,2-6,8-9H2,1H3,(H,20,21,22)/t14-,15+/m1/s1. The smallest absolute Gasteiger partial charge is 0.228 e. The summed E-state index contributed by atoms with van der Waals surface area (Å²) in [6.45, 7) is 1.61. The molecule has 2 saturated carbocycles. The van der Waals surface area contributed by atoms with E-state index in [0.717, 1.165) is 36.4 Å². The molecule has 0 aromatic carbocycles. The third-order valence-electron chi connectivity index (χ3n) is 6.01. The van der Waals surface area contributed by atoms with Crippen LogP contribution in [0.15, 0.2) is 12.5 Å². The number of hydrogen-bond donors (Lipinski definition) is 1. The molecule has 3 fully saturated rings. The maximum Gasteiger partial charge on any atom is 0.228 e. The summed E-state index contributed by atoms with van der Waals surface area (Å²) in [6.07, 6.45) is 8.94. The van der Waals surface area contributed by atoms with Crippen molar-refractivity contribution in [3.8, 4) is 0 Å². The number of hydrogen-bond acceptors (Lipinski definition) is 4. The Balaban J connectivity index is 1.33. The minimum atomic E-state index is 0.193. The zero-order valence-corrected chi connectivity index (χ0v) is 14.6. The molecule has 2 aliphatic carbocycles. The second-order valence-electron chi connectivity index (χ2n) is 7.93. The summed E-state index contributed by atoms with van der Waals surface area (Å²) < 4.78 is 1.92. The zero-order chi connectivity index (χ0) is 17.0. The highest BCUT2D eigenvalue weighted by Crippen LogP contribution is 2.47. The van der Waals surface area contributed by atoms with E-state index in [-0.39, 0.29) is 5.91 Å². The third-order valence-corrected chi connectivity index (χ3v) is 6.01. The third kappa shape index (κ3) is 2.85. The topological polar surface area (TPSA) is 79.7 Å². The second kappa shape index (κ2) is 5.68. The molecule has 2 atom stereocenters. The van der Waals surface area contributed by atoms with Gasteiger partial charge < -0.3 is 9.47 Å². The van der Waals surface area contributed by atoms with Gasteiger partial charge in [-0.05, 0) is 37.5 Å². The molecule has 25 heavy (non-hydrogen) atoms. The molecule has 1 saturated heterocycles. The molecule has 2 aromatic rings. The molecule has 132 valence electrons. The lowest BCUT2D eigenvalue weighted by atomic mass is 9.91. The quantitative estimate of drug-likeness (QED) is 0.897. The van der Waals surface area contributed by atoms with Gasteiger partial charge in [0.2, 0.25) is 5.91 Å². The van der Waals surface area contributed by atoms with E-state index in [9.17, 15) is 4.79 Å².